The predicted molar refractivity (Wildman–Crippen MR) is 104 cm³/mol. The number of carbonyl (C=O) groups excluding carboxylic acids is 3. The molecule has 4 rings (SSSR count). The van der Waals surface area contributed by atoms with Crippen LogP contribution in [-0.2, 0) is 18.0 Å². The van der Waals surface area contributed by atoms with Gasteiger partial charge in [0.25, 0.3) is 11.8 Å². The van der Waals surface area contributed by atoms with Gasteiger partial charge in [0.2, 0.25) is 5.91 Å². The molecule has 29 heavy (non-hydrogen) atoms. The Morgan fingerprint density at radius 2 is 1.76 bits per heavy atom. The van der Waals surface area contributed by atoms with Crippen molar-refractivity contribution < 1.29 is 24.2 Å². The SMILES string of the molecule is O=C1NCCCC[C@@H]1N1C(=O)c2cccc(OCc3ccc(CO)cc3)c2C1=O. The minimum absolute atomic E-state index is 0.0332. The van der Waals surface area contributed by atoms with E-state index in [-0.39, 0.29) is 30.2 Å². The molecule has 3 amide bonds. The van der Waals surface area contributed by atoms with E-state index in [1.165, 1.54) is 0 Å². The highest BCUT2D eigenvalue weighted by Crippen LogP contribution is 2.33. The molecule has 0 saturated carbocycles. The Hall–Kier alpha value is -3.19. The molecule has 2 aromatic rings. The number of nitrogens with zero attached hydrogens (tertiary/aromatic N) is 1. The van der Waals surface area contributed by atoms with E-state index in [1.807, 2.05) is 12.1 Å². The van der Waals surface area contributed by atoms with Gasteiger partial charge in [0.05, 0.1) is 17.7 Å². The topological polar surface area (TPSA) is 95.9 Å². The van der Waals surface area contributed by atoms with Gasteiger partial charge in [-0.3, -0.25) is 19.3 Å². The van der Waals surface area contributed by atoms with Crippen molar-refractivity contribution in [3.05, 3.63) is 64.7 Å². The summed E-state index contributed by atoms with van der Waals surface area (Å²) in [5, 5.41) is 11.9. The molecule has 7 heteroatoms. The number of aliphatic hydroxyl groups is 1. The van der Waals surface area contributed by atoms with E-state index in [1.54, 1.807) is 30.3 Å². The molecule has 1 saturated heterocycles. The summed E-state index contributed by atoms with van der Waals surface area (Å²) in [5.41, 5.74) is 2.14. The molecule has 0 aliphatic carbocycles. The molecule has 2 heterocycles. The van der Waals surface area contributed by atoms with Crippen LogP contribution in [0, 0.1) is 0 Å². The summed E-state index contributed by atoms with van der Waals surface area (Å²) in [7, 11) is 0. The molecule has 2 N–H and O–H groups in total. The molecule has 0 radical (unpaired) electrons. The molecule has 0 unspecified atom stereocenters. The Balaban J connectivity index is 1.57. The first-order chi connectivity index (χ1) is 14.1. The van der Waals surface area contributed by atoms with E-state index >= 15 is 0 Å². The Morgan fingerprint density at radius 1 is 1.00 bits per heavy atom. The van der Waals surface area contributed by atoms with Crippen molar-refractivity contribution in [1.29, 1.82) is 0 Å². The third kappa shape index (κ3) is 3.61. The molecule has 0 aromatic heterocycles. The van der Waals surface area contributed by atoms with Crippen molar-refractivity contribution in [2.24, 2.45) is 0 Å². The number of amides is 3. The number of imide groups is 1. The Bertz CT molecular complexity index is 954. The highest BCUT2D eigenvalue weighted by atomic mass is 16.5. The molecule has 2 aliphatic heterocycles. The van der Waals surface area contributed by atoms with E-state index in [0.29, 0.717) is 18.7 Å². The normalized spacial score (nSPS) is 19.0. The largest absolute Gasteiger partial charge is 0.488 e. The van der Waals surface area contributed by atoms with E-state index < -0.39 is 17.9 Å². The van der Waals surface area contributed by atoms with Crippen LogP contribution in [-0.4, -0.2) is 40.3 Å². The second kappa shape index (κ2) is 8.05. The zero-order valence-corrected chi connectivity index (χ0v) is 15.9. The summed E-state index contributed by atoms with van der Waals surface area (Å²) >= 11 is 0. The van der Waals surface area contributed by atoms with Gasteiger partial charge in [-0.05, 0) is 42.5 Å². The fourth-order valence-corrected chi connectivity index (χ4v) is 3.75. The van der Waals surface area contributed by atoms with Crippen LogP contribution >= 0.6 is 0 Å². The number of fused-ring (bicyclic) bond motifs is 1. The van der Waals surface area contributed by atoms with Crippen molar-refractivity contribution >= 4 is 17.7 Å². The molecular formula is C22H22N2O5. The van der Waals surface area contributed by atoms with Crippen LogP contribution in [0.25, 0.3) is 0 Å². The van der Waals surface area contributed by atoms with Gasteiger partial charge in [0, 0.05) is 6.54 Å². The maximum Gasteiger partial charge on any atom is 0.266 e. The fraction of sp³-hybridized carbons (Fsp3) is 0.318. The van der Waals surface area contributed by atoms with E-state index in [4.69, 9.17) is 9.84 Å². The first-order valence-electron chi connectivity index (χ1n) is 9.70. The Labute approximate surface area is 168 Å². The first kappa shape index (κ1) is 19.1. The van der Waals surface area contributed by atoms with Gasteiger partial charge in [-0.25, -0.2) is 0 Å². The van der Waals surface area contributed by atoms with Crippen molar-refractivity contribution in [3.8, 4) is 5.75 Å². The van der Waals surface area contributed by atoms with E-state index in [9.17, 15) is 14.4 Å². The molecule has 2 aliphatic rings. The molecule has 1 atom stereocenters. The van der Waals surface area contributed by atoms with E-state index in [0.717, 1.165) is 28.9 Å². The summed E-state index contributed by atoms with van der Waals surface area (Å²) in [6.07, 6.45) is 2.06. The van der Waals surface area contributed by atoms with Gasteiger partial charge in [0.15, 0.2) is 0 Å². The van der Waals surface area contributed by atoms with Crippen molar-refractivity contribution in [2.45, 2.75) is 38.5 Å². The fourth-order valence-electron chi connectivity index (χ4n) is 3.75. The first-order valence-corrected chi connectivity index (χ1v) is 9.70. The van der Waals surface area contributed by atoms with Crippen molar-refractivity contribution in [2.75, 3.05) is 6.54 Å². The lowest BCUT2D eigenvalue weighted by Crippen LogP contribution is -2.48. The maximum atomic E-state index is 13.1. The van der Waals surface area contributed by atoms with Crippen LogP contribution < -0.4 is 10.1 Å². The summed E-state index contributed by atoms with van der Waals surface area (Å²) in [6.45, 7) is 0.740. The summed E-state index contributed by atoms with van der Waals surface area (Å²) in [4.78, 5) is 39.5. The highest BCUT2D eigenvalue weighted by Gasteiger charge is 2.44. The van der Waals surface area contributed by atoms with Crippen LogP contribution in [0.15, 0.2) is 42.5 Å². The molecule has 0 bridgehead atoms. The molecular weight excluding hydrogens is 372 g/mol. The van der Waals surface area contributed by atoms with Gasteiger partial charge in [-0.15, -0.1) is 0 Å². The second-order valence-corrected chi connectivity index (χ2v) is 7.22. The number of ether oxygens (including phenoxy) is 1. The number of carbonyl (C=O) groups is 3. The van der Waals surface area contributed by atoms with Crippen molar-refractivity contribution in [3.63, 3.8) is 0 Å². The number of hydrogen-bond acceptors (Lipinski definition) is 5. The van der Waals surface area contributed by atoms with Crippen molar-refractivity contribution in [1.82, 2.24) is 10.2 Å². The van der Waals surface area contributed by atoms with Crippen LogP contribution in [0.2, 0.25) is 0 Å². The number of nitrogens with one attached hydrogen (secondary N) is 1. The van der Waals surface area contributed by atoms with E-state index in [2.05, 4.69) is 5.32 Å². The maximum absolute atomic E-state index is 13.1. The highest BCUT2D eigenvalue weighted by molar-refractivity contribution is 6.24. The van der Waals surface area contributed by atoms with Crippen LogP contribution in [0.5, 0.6) is 5.75 Å². The van der Waals surface area contributed by atoms with Gasteiger partial charge < -0.3 is 15.2 Å². The minimum atomic E-state index is -0.788. The molecule has 0 spiro atoms. The standard InChI is InChI=1S/C22H22N2O5/c25-12-14-7-9-15(10-8-14)13-29-18-6-3-4-16-19(18)22(28)24(21(16)27)17-5-1-2-11-23-20(17)26/h3-4,6-10,17,25H,1-2,5,11-13H2,(H,23,26)/t17-/m0/s1. The number of hydrogen-bond donors (Lipinski definition) is 2. The van der Waals surface area contributed by atoms with Gasteiger partial charge >= 0.3 is 0 Å². The lowest BCUT2D eigenvalue weighted by atomic mass is 10.1. The Kier molecular flexibility index (Phi) is 5.31. The smallest absolute Gasteiger partial charge is 0.266 e. The Morgan fingerprint density at radius 3 is 2.52 bits per heavy atom. The molecule has 1 fully saturated rings. The number of aliphatic hydroxyl groups excluding tert-OH is 1. The second-order valence-electron chi connectivity index (χ2n) is 7.22. The average molecular weight is 394 g/mol. The predicted octanol–water partition coefficient (Wildman–Crippen LogP) is 2.02. The third-order valence-electron chi connectivity index (χ3n) is 5.33. The third-order valence-corrected chi connectivity index (χ3v) is 5.33. The summed E-state index contributed by atoms with van der Waals surface area (Å²) in [6, 6.07) is 11.4. The monoisotopic (exact) mass is 394 g/mol. The number of rotatable bonds is 5. The molecule has 150 valence electrons. The quantitative estimate of drug-likeness (QED) is 0.757. The van der Waals surface area contributed by atoms with Gasteiger partial charge in [0.1, 0.15) is 18.4 Å². The lowest BCUT2D eigenvalue weighted by Gasteiger charge is -2.23. The zero-order valence-electron chi connectivity index (χ0n) is 15.9. The van der Waals surface area contributed by atoms with Gasteiger partial charge in [-0.2, -0.15) is 0 Å². The van der Waals surface area contributed by atoms with Crippen LogP contribution in [0.1, 0.15) is 51.1 Å². The molecule has 7 nitrogen and oxygen atoms in total. The number of benzene rings is 2. The summed E-state index contributed by atoms with van der Waals surface area (Å²) < 4.78 is 5.85. The average Bonchev–Trinajstić information content (AvgIpc) is 2.87. The van der Waals surface area contributed by atoms with Crippen LogP contribution in [0.4, 0.5) is 0 Å². The molecule has 2 aromatic carbocycles. The lowest BCUT2D eigenvalue weighted by molar-refractivity contribution is -0.124. The van der Waals surface area contributed by atoms with Crippen LogP contribution in [0.3, 0.4) is 0 Å². The van der Waals surface area contributed by atoms with Gasteiger partial charge in [-0.1, -0.05) is 30.3 Å². The summed E-state index contributed by atoms with van der Waals surface area (Å²) in [5.74, 6) is -0.907. The zero-order chi connectivity index (χ0) is 20.4. The minimum Gasteiger partial charge on any atom is -0.488 e.